The van der Waals surface area contributed by atoms with Crippen molar-refractivity contribution in [3.05, 3.63) is 53.5 Å². The molecular weight excluding hydrogens is 242 g/mol. The van der Waals surface area contributed by atoms with E-state index in [0.29, 0.717) is 6.54 Å². The second-order valence-electron chi connectivity index (χ2n) is 4.49. The summed E-state index contributed by atoms with van der Waals surface area (Å²) < 4.78 is 10.4. The van der Waals surface area contributed by atoms with Gasteiger partial charge in [-0.05, 0) is 30.7 Å². The van der Waals surface area contributed by atoms with Crippen LogP contribution >= 0.6 is 0 Å². The normalized spacial score (nSPS) is 14.1. The number of benzene rings is 1. The maximum Gasteiger partial charge on any atom is 0.118 e. The summed E-state index contributed by atoms with van der Waals surface area (Å²) in [4.78, 5) is 0. The summed E-state index contributed by atoms with van der Waals surface area (Å²) in [5, 5.41) is 10.5. The van der Waals surface area contributed by atoms with Gasteiger partial charge in [0.1, 0.15) is 11.5 Å². The first-order valence-corrected chi connectivity index (χ1v) is 6.23. The van der Waals surface area contributed by atoms with Crippen LogP contribution in [0, 0.1) is 6.92 Å². The van der Waals surface area contributed by atoms with Gasteiger partial charge in [0.2, 0.25) is 0 Å². The fourth-order valence-corrected chi connectivity index (χ4v) is 2.22. The lowest BCUT2D eigenvalue weighted by Gasteiger charge is -2.21. The lowest BCUT2D eigenvalue weighted by molar-refractivity contribution is 0.145. The lowest BCUT2D eigenvalue weighted by Crippen LogP contribution is -2.20. The van der Waals surface area contributed by atoms with Gasteiger partial charge in [-0.2, -0.15) is 0 Å². The molecule has 0 amide bonds. The number of methoxy groups -OCH3 is 1. The summed E-state index contributed by atoms with van der Waals surface area (Å²) in [6.07, 6.45) is 0.910. The Morgan fingerprint density at radius 3 is 2.42 bits per heavy atom. The van der Waals surface area contributed by atoms with Gasteiger partial charge in [-0.25, -0.2) is 0 Å². The first-order valence-electron chi connectivity index (χ1n) is 6.23. The van der Waals surface area contributed by atoms with Crippen LogP contribution in [0.25, 0.3) is 0 Å². The Balaban J connectivity index is 2.26. The Hall–Kier alpha value is -1.78. The maximum atomic E-state index is 10.5. The number of nitrogens with two attached hydrogens (primary N) is 1. The standard InChI is InChI=1S/C15H19NO3/c1-10-13(7-8-19-10)15(17)14(9-16)11-3-5-12(18-2)6-4-11/h3-8,14-15,17H,9,16H2,1-2H3. The molecular formula is C15H19NO3. The largest absolute Gasteiger partial charge is 0.497 e. The summed E-state index contributed by atoms with van der Waals surface area (Å²) in [7, 11) is 1.62. The highest BCUT2D eigenvalue weighted by molar-refractivity contribution is 5.32. The molecule has 2 rings (SSSR count). The first-order chi connectivity index (χ1) is 9.17. The van der Waals surface area contributed by atoms with Crippen molar-refractivity contribution in [1.82, 2.24) is 0 Å². The van der Waals surface area contributed by atoms with Crippen LogP contribution in [-0.4, -0.2) is 18.8 Å². The van der Waals surface area contributed by atoms with Crippen molar-refractivity contribution in [3.63, 3.8) is 0 Å². The highest BCUT2D eigenvalue weighted by Gasteiger charge is 2.24. The predicted molar refractivity (Wildman–Crippen MR) is 73.2 cm³/mol. The van der Waals surface area contributed by atoms with E-state index in [1.54, 1.807) is 19.4 Å². The third kappa shape index (κ3) is 2.80. The van der Waals surface area contributed by atoms with E-state index < -0.39 is 6.10 Å². The number of ether oxygens (including phenoxy) is 1. The number of furan rings is 1. The molecule has 3 N–H and O–H groups in total. The molecule has 1 aromatic carbocycles. The van der Waals surface area contributed by atoms with E-state index in [9.17, 15) is 5.11 Å². The number of aliphatic hydroxyl groups excluding tert-OH is 1. The second kappa shape index (κ2) is 5.91. The number of hydrogen-bond donors (Lipinski definition) is 2. The fourth-order valence-electron chi connectivity index (χ4n) is 2.22. The predicted octanol–water partition coefficient (Wildman–Crippen LogP) is 2.37. The summed E-state index contributed by atoms with van der Waals surface area (Å²) in [6.45, 7) is 2.19. The molecule has 1 heterocycles. The Morgan fingerprint density at radius 2 is 1.95 bits per heavy atom. The summed E-state index contributed by atoms with van der Waals surface area (Å²) in [5.41, 5.74) is 7.58. The van der Waals surface area contributed by atoms with Crippen LogP contribution in [0.4, 0.5) is 0 Å². The van der Waals surface area contributed by atoms with Crippen molar-refractivity contribution in [2.75, 3.05) is 13.7 Å². The zero-order chi connectivity index (χ0) is 13.8. The minimum atomic E-state index is -0.669. The van der Waals surface area contributed by atoms with Gasteiger partial charge in [0.25, 0.3) is 0 Å². The van der Waals surface area contributed by atoms with E-state index >= 15 is 0 Å². The monoisotopic (exact) mass is 261 g/mol. The Bertz CT molecular complexity index is 518. The lowest BCUT2D eigenvalue weighted by atomic mass is 9.89. The van der Waals surface area contributed by atoms with E-state index in [4.69, 9.17) is 14.9 Å². The van der Waals surface area contributed by atoms with Gasteiger partial charge in [0.05, 0.1) is 19.5 Å². The molecule has 19 heavy (non-hydrogen) atoms. The average Bonchev–Trinajstić information content (AvgIpc) is 2.86. The molecule has 0 fully saturated rings. The Labute approximate surface area is 112 Å². The fraction of sp³-hybridized carbons (Fsp3) is 0.333. The third-order valence-corrected chi connectivity index (χ3v) is 3.40. The molecule has 1 aromatic heterocycles. The van der Waals surface area contributed by atoms with Crippen LogP contribution < -0.4 is 10.5 Å². The Kier molecular flexibility index (Phi) is 4.24. The molecule has 4 heteroatoms. The molecule has 2 atom stereocenters. The molecule has 0 aliphatic heterocycles. The van der Waals surface area contributed by atoms with Crippen molar-refractivity contribution in [1.29, 1.82) is 0 Å². The van der Waals surface area contributed by atoms with E-state index in [2.05, 4.69) is 0 Å². The minimum absolute atomic E-state index is 0.165. The zero-order valence-corrected chi connectivity index (χ0v) is 11.2. The molecule has 102 valence electrons. The maximum absolute atomic E-state index is 10.5. The smallest absolute Gasteiger partial charge is 0.118 e. The van der Waals surface area contributed by atoms with Crippen molar-refractivity contribution in [2.45, 2.75) is 18.9 Å². The zero-order valence-electron chi connectivity index (χ0n) is 11.2. The second-order valence-corrected chi connectivity index (χ2v) is 4.49. The average molecular weight is 261 g/mol. The van der Waals surface area contributed by atoms with Gasteiger partial charge in [-0.15, -0.1) is 0 Å². The van der Waals surface area contributed by atoms with Gasteiger partial charge in [0.15, 0.2) is 0 Å². The Morgan fingerprint density at radius 1 is 1.26 bits per heavy atom. The number of rotatable bonds is 5. The minimum Gasteiger partial charge on any atom is -0.497 e. The molecule has 0 saturated heterocycles. The summed E-state index contributed by atoms with van der Waals surface area (Å²) >= 11 is 0. The first kappa shape index (κ1) is 13.6. The van der Waals surface area contributed by atoms with Crippen LogP contribution in [0.5, 0.6) is 5.75 Å². The van der Waals surface area contributed by atoms with Gasteiger partial charge >= 0.3 is 0 Å². The molecule has 0 aliphatic carbocycles. The summed E-state index contributed by atoms with van der Waals surface area (Å²) in [6, 6.07) is 9.37. The SMILES string of the molecule is COc1ccc(C(CN)C(O)c2ccoc2C)cc1. The molecule has 0 radical (unpaired) electrons. The number of hydrogen-bond acceptors (Lipinski definition) is 4. The highest BCUT2D eigenvalue weighted by Crippen LogP contribution is 2.32. The van der Waals surface area contributed by atoms with Crippen LogP contribution in [0.2, 0.25) is 0 Å². The van der Waals surface area contributed by atoms with Crippen LogP contribution in [-0.2, 0) is 0 Å². The van der Waals surface area contributed by atoms with Crippen LogP contribution in [0.15, 0.2) is 41.0 Å². The quantitative estimate of drug-likeness (QED) is 0.867. The van der Waals surface area contributed by atoms with E-state index in [0.717, 1.165) is 22.6 Å². The number of aryl methyl sites for hydroxylation is 1. The van der Waals surface area contributed by atoms with Gasteiger partial charge in [0, 0.05) is 18.0 Å². The van der Waals surface area contributed by atoms with Crippen molar-refractivity contribution in [3.8, 4) is 5.75 Å². The molecule has 4 nitrogen and oxygen atoms in total. The van der Waals surface area contributed by atoms with E-state index in [1.165, 1.54) is 0 Å². The topological polar surface area (TPSA) is 68.6 Å². The van der Waals surface area contributed by atoms with Crippen LogP contribution in [0.1, 0.15) is 28.9 Å². The molecule has 0 saturated carbocycles. The molecule has 0 bridgehead atoms. The summed E-state index contributed by atoms with van der Waals surface area (Å²) in [5.74, 6) is 1.34. The van der Waals surface area contributed by atoms with Crippen molar-refractivity contribution < 1.29 is 14.3 Å². The van der Waals surface area contributed by atoms with Crippen molar-refractivity contribution in [2.24, 2.45) is 5.73 Å². The molecule has 0 aliphatic rings. The molecule has 2 aromatic rings. The molecule has 2 unspecified atom stereocenters. The molecule has 0 spiro atoms. The number of aliphatic hydroxyl groups is 1. The van der Waals surface area contributed by atoms with Gasteiger partial charge in [-0.3, -0.25) is 0 Å². The van der Waals surface area contributed by atoms with E-state index in [-0.39, 0.29) is 5.92 Å². The van der Waals surface area contributed by atoms with E-state index in [1.807, 2.05) is 31.2 Å². The third-order valence-electron chi connectivity index (χ3n) is 3.40. The van der Waals surface area contributed by atoms with Crippen molar-refractivity contribution >= 4 is 0 Å². The van der Waals surface area contributed by atoms with Gasteiger partial charge in [-0.1, -0.05) is 12.1 Å². The highest BCUT2D eigenvalue weighted by atomic mass is 16.5. The van der Waals surface area contributed by atoms with Crippen LogP contribution in [0.3, 0.4) is 0 Å². The van der Waals surface area contributed by atoms with Gasteiger partial charge < -0.3 is 20.0 Å².